The van der Waals surface area contributed by atoms with Crippen molar-refractivity contribution < 1.29 is 0 Å². The van der Waals surface area contributed by atoms with Crippen LogP contribution in [0.3, 0.4) is 0 Å². The zero-order valence-corrected chi connectivity index (χ0v) is 14.3. The maximum Gasteiger partial charge on any atom is 0.204 e. The summed E-state index contributed by atoms with van der Waals surface area (Å²) in [6.07, 6.45) is 0. The minimum Gasteiger partial charge on any atom is -0.352 e. The first-order chi connectivity index (χ1) is 12.3. The highest BCUT2D eigenvalue weighted by Gasteiger charge is 2.10. The Bertz CT molecular complexity index is 969. The van der Waals surface area contributed by atoms with Gasteiger partial charge in [0, 0.05) is 6.54 Å². The van der Waals surface area contributed by atoms with Crippen LogP contribution in [0.1, 0.15) is 16.7 Å². The van der Waals surface area contributed by atoms with E-state index in [2.05, 4.69) is 83.5 Å². The Labute approximate surface area is 148 Å². The quantitative estimate of drug-likeness (QED) is 0.559. The topological polar surface area (TPSA) is 29.9 Å². The molecule has 3 aromatic carbocycles. The van der Waals surface area contributed by atoms with Gasteiger partial charge in [-0.1, -0.05) is 72.3 Å². The van der Waals surface area contributed by atoms with Crippen molar-refractivity contribution in [3.8, 4) is 0 Å². The summed E-state index contributed by atoms with van der Waals surface area (Å²) >= 11 is 0. The monoisotopic (exact) mass is 327 g/mol. The van der Waals surface area contributed by atoms with Gasteiger partial charge in [0.15, 0.2) is 0 Å². The van der Waals surface area contributed by atoms with Crippen LogP contribution < -0.4 is 5.32 Å². The second kappa shape index (κ2) is 6.81. The van der Waals surface area contributed by atoms with Crippen molar-refractivity contribution in [2.24, 2.45) is 0 Å². The van der Waals surface area contributed by atoms with Gasteiger partial charge in [0.2, 0.25) is 5.95 Å². The number of rotatable bonds is 5. The molecule has 0 fully saturated rings. The normalized spacial score (nSPS) is 10.9. The van der Waals surface area contributed by atoms with Gasteiger partial charge in [0.05, 0.1) is 17.6 Å². The number of nitrogens with one attached hydrogen (secondary N) is 1. The molecule has 4 rings (SSSR count). The number of hydrogen-bond donors (Lipinski definition) is 1. The van der Waals surface area contributed by atoms with E-state index in [1.165, 1.54) is 16.7 Å². The fraction of sp³-hybridized carbons (Fsp3) is 0.136. The largest absolute Gasteiger partial charge is 0.352 e. The van der Waals surface area contributed by atoms with E-state index in [0.29, 0.717) is 0 Å². The molecule has 1 aromatic heterocycles. The molecule has 3 nitrogen and oxygen atoms in total. The van der Waals surface area contributed by atoms with E-state index in [9.17, 15) is 0 Å². The van der Waals surface area contributed by atoms with Crippen molar-refractivity contribution in [3.63, 3.8) is 0 Å². The number of hydrogen-bond acceptors (Lipinski definition) is 2. The number of fused-ring (bicyclic) bond motifs is 1. The van der Waals surface area contributed by atoms with Gasteiger partial charge < -0.3 is 9.88 Å². The van der Waals surface area contributed by atoms with Gasteiger partial charge in [-0.05, 0) is 30.2 Å². The maximum absolute atomic E-state index is 4.79. The highest BCUT2D eigenvalue weighted by molar-refractivity contribution is 5.78. The first-order valence-corrected chi connectivity index (χ1v) is 8.58. The second-order valence-electron chi connectivity index (χ2n) is 6.34. The third kappa shape index (κ3) is 3.41. The first-order valence-electron chi connectivity index (χ1n) is 8.58. The lowest BCUT2D eigenvalue weighted by molar-refractivity contribution is 0.822. The van der Waals surface area contributed by atoms with E-state index in [-0.39, 0.29) is 0 Å². The molecule has 0 aliphatic rings. The predicted octanol–water partition coefficient (Wildman–Crippen LogP) is 5.01. The van der Waals surface area contributed by atoms with Crippen molar-refractivity contribution >= 4 is 17.0 Å². The van der Waals surface area contributed by atoms with E-state index >= 15 is 0 Å². The van der Waals surface area contributed by atoms with Gasteiger partial charge in [-0.15, -0.1) is 0 Å². The van der Waals surface area contributed by atoms with Crippen LogP contribution in [-0.2, 0) is 13.1 Å². The van der Waals surface area contributed by atoms with E-state index in [0.717, 1.165) is 30.1 Å². The zero-order chi connectivity index (χ0) is 17.1. The second-order valence-corrected chi connectivity index (χ2v) is 6.34. The van der Waals surface area contributed by atoms with Crippen LogP contribution in [0, 0.1) is 6.92 Å². The van der Waals surface area contributed by atoms with Crippen molar-refractivity contribution in [2.75, 3.05) is 5.32 Å². The van der Waals surface area contributed by atoms with Crippen LogP contribution in [-0.4, -0.2) is 9.55 Å². The summed E-state index contributed by atoms with van der Waals surface area (Å²) in [5, 5.41) is 3.51. The fourth-order valence-corrected chi connectivity index (χ4v) is 3.02. The SMILES string of the molecule is Cc1ccc(CNc2nc3ccccc3n2Cc2ccccc2)cc1. The minimum absolute atomic E-state index is 0.762. The van der Waals surface area contributed by atoms with E-state index in [1.54, 1.807) is 0 Å². The average molecular weight is 327 g/mol. The van der Waals surface area contributed by atoms with Crippen LogP contribution >= 0.6 is 0 Å². The average Bonchev–Trinajstić information content (AvgIpc) is 3.00. The number of nitrogens with zero attached hydrogens (tertiary/aromatic N) is 2. The van der Waals surface area contributed by atoms with Crippen LogP contribution in [0.5, 0.6) is 0 Å². The Morgan fingerprint density at radius 1 is 0.800 bits per heavy atom. The lowest BCUT2D eigenvalue weighted by atomic mass is 10.1. The molecular formula is C22H21N3. The summed E-state index contributed by atoms with van der Waals surface area (Å²) in [6, 6.07) is 27.4. The molecule has 0 radical (unpaired) electrons. The number of anilines is 1. The van der Waals surface area contributed by atoms with Crippen LogP contribution in [0.25, 0.3) is 11.0 Å². The number of aromatic nitrogens is 2. The van der Waals surface area contributed by atoms with Gasteiger partial charge >= 0.3 is 0 Å². The summed E-state index contributed by atoms with van der Waals surface area (Å²) in [5.74, 6) is 0.908. The first kappa shape index (κ1) is 15.5. The van der Waals surface area contributed by atoms with Crippen molar-refractivity contribution in [2.45, 2.75) is 20.0 Å². The van der Waals surface area contributed by atoms with Crippen molar-refractivity contribution in [1.29, 1.82) is 0 Å². The predicted molar refractivity (Wildman–Crippen MR) is 104 cm³/mol. The molecule has 1 heterocycles. The Kier molecular flexibility index (Phi) is 4.21. The lowest BCUT2D eigenvalue weighted by Crippen LogP contribution is -2.08. The standard InChI is InChI=1S/C22H21N3/c1-17-11-13-18(14-12-17)15-23-22-24-20-9-5-6-10-21(20)25(22)16-19-7-3-2-4-8-19/h2-14H,15-16H2,1H3,(H,23,24). The summed E-state index contributed by atoms with van der Waals surface area (Å²) < 4.78 is 2.25. The molecule has 0 aliphatic heterocycles. The molecule has 3 heteroatoms. The molecule has 4 aromatic rings. The lowest BCUT2D eigenvalue weighted by Gasteiger charge is -2.11. The molecule has 0 atom stereocenters. The summed E-state index contributed by atoms with van der Waals surface area (Å²) in [4.78, 5) is 4.79. The highest BCUT2D eigenvalue weighted by atomic mass is 15.2. The summed E-state index contributed by atoms with van der Waals surface area (Å²) in [7, 11) is 0. The number of imidazole rings is 1. The Morgan fingerprint density at radius 3 is 2.32 bits per heavy atom. The van der Waals surface area contributed by atoms with E-state index < -0.39 is 0 Å². The van der Waals surface area contributed by atoms with Crippen LogP contribution in [0.4, 0.5) is 5.95 Å². The third-order valence-corrected chi connectivity index (χ3v) is 4.41. The maximum atomic E-state index is 4.79. The zero-order valence-electron chi connectivity index (χ0n) is 14.3. The molecule has 0 aliphatic carbocycles. The molecule has 25 heavy (non-hydrogen) atoms. The summed E-state index contributed by atoms with van der Waals surface area (Å²) in [5.41, 5.74) is 5.97. The fourth-order valence-electron chi connectivity index (χ4n) is 3.02. The van der Waals surface area contributed by atoms with Gasteiger partial charge in [0.1, 0.15) is 0 Å². The number of aryl methyl sites for hydroxylation is 1. The minimum atomic E-state index is 0.762. The van der Waals surface area contributed by atoms with E-state index in [1.807, 2.05) is 12.1 Å². The molecule has 0 unspecified atom stereocenters. The number of para-hydroxylation sites is 2. The molecule has 0 saturated carbocycles. The number of benzene rings is 3. The van der Waals surface area contributed by atoms with Crippen molar-refractivity contribution in [1.82, 2.24) is 9.55 Å². The van der Waals surface area contributed by atoms with E-state index in [4.69, 9.17) is 4.98 Å². The highest BCUT2D eigenvalue weighted by Crippen LogP contribution is 2.21. The third-order valence-electron chi connectivity index (χ3n) is 4.41. The van der Waals surface area contributed by atoms with Crippen molar-refractivity contribution in [3.05, 3.63) is 95.6 Å². The van der Waals surface area contributed by atoms with Crippen LogP contribution in [0.2, 0.25) is 0 Å². The molecular weight excluding hydrogens is 306 g/mol. The Morgan fingerprint density at radius 2 is 1.52 bits per heavy atom. The molecule has 0 amide bonds. The molecule has 0 bridgehead atoms. The molecule has 124 valence electrons. The molecule has 0 spiro atoms. The van der Waals surface area contributed by atoms with Gasteiger partial charge in [-0.2, -0.15) is 0 Å². The Balaban J connectivity index is 1.65. The summed E-state index contributed by atoms with van der Waals surface area (Å²) in [6.45, 7) is 3.67. The van der Waals surface area contributed by atoms with Gasteiger partial charge in [-0.25, -0.2) is 4.98 Å². The van der Waals surface area contributed by atoms with Gasteiger partial charge in [-0.3, -0.25) is 0 Å². The van der Waals surface area contributed by atoms with Crippen LogP contribution in [0.15, 0.2) is 78.9 Å². The van der Waals surface area contributed by atoms with Gasteiger partial charge in [0.25, 0.3) is 0 Å². The molecule has 1 N–H and O–H groups in total. The Hall–Kier alpha value is -3.07. The smallest absolute Gasteiger partial charge is 0.204 e. The molecule has 0 saturated heterocycles.